The maximum atomic E-state index is 12.1. The Morgan fingerprint density at radius 1 is 1.17 bits per heavy atom. The van der Waals surface area contributed by atoms with Gasteiger partial charge in [-0.25, -0.2) is 0 Å². The van der Waals surface area contributed by atoms with Crippen LogP contribution in [0.3, 0.4) is 0 Å². The Balaban J connectivity index is 2.43. The molecule has 1 rings (SSSR count). The minimum atomic E-state index is -0.575. The molecule has 0 heterocycles. The number of nitriles is 1. The molecule has 0 aliphatic rings. The smallest absolute Gasteiger partial charge is 0.260 e. The first-order chi connectivity index (χ1) is 10.8. The van der Waals surface area contributed by atoms with E-state index in [-0.39, 0.29) is 5.91 Å². The first kappa shape index (κ1) is 19.0. The molecule has 0 radical (unpaired) electrons. The van der Waals surface area contributed by atoms with Crippen molar-refractivity contribution in [3.63, 3.8) is 0 Å². The minimum absolute atomic E-state index is 0.137. The van der Waals surface area contributed by atoms with Gasteiger partial charge in [0.15, 0.2) is 6.10 Å². The topological polar surface area (TPSA) is 65.4 Å². The van der Waals surface area contributed by atoms with E-state index in [0.717, 1.165) is 6.54 Å². The van der Waals surface area contributed by atoms with Crippen molar-refractivity contribution in [3.8, 4) is 11.8 Å². The number of carbonyl (C=O) groups excluding carboxylic acids is 1. The Hall–Kier alpha value is -2.06. The molecule has 0 fully saturated rings. The third-order valence-corrected chi connectivity index (χ3v) is 3.66. The van der Waals surface area contributed by atoms with E-state index in [1.165, 1.54) is 0 Å². The normalized spacial score (nSPS) is 12.3. The number of hydrogen-bond acceptors (Lipinski definition) is 4. The summed E-state index contributed by atoms with van der Waals surface area (Å²) in [6, 6.07) is 9.67. The molecule has 0 aliphatic carbocycles. The molecule has 5 heteroatoms. The minimum Gasteiger partial charge on any atom is -0.481 e. The fourth-order valence-corrected chi connectivity index (χ4v) is 2.43. The monoisotopic (exact) mass is 317 g/mol. The maximum absolute atomic E-state index is 12.1. The van der Waals surface area contributed by atoms with Gasteiger partial charge in [-0.15, -0.1) is 0 Å². The number of amides is 1. The molecule has 1 aromatic carbocycles. The molecule has 1 N–H and O–H groups in total. The van der Waals surface area contributed by atoms with Crippen LogP contribution in [0.25, 0.3) is 0 Å². The second kappa shape index (κ2) is 9.16. The van der Waals surface area contributed by atoms with Gasteiger partial charge in [-0.2, -0.15) is 5.26 Å². The third-order valence-electron chi connectivity index (χ3n) is 3.66. The van der Waals surface area contributed by atoms with Crippen LogP contribution in [0.5, 0.6) is 5.75 Å². The molecule has 1 aromatic rings. The predicted octanol–water partition coefficient (Wildman–Crippen LogP) is 2.56. The van der Waals surface area contributed by atoms with Crippen LogP contribution >= 0.6 is 0 Å². The summed E-state index contributed by atoms with van der Waals surface area (Å²) in [5.74, 6) is 0.444. The summed E-state index contributed by atoms with van der Waals surface area (Å²) in [7, 11) is 0. The first-order valence-electron chi connectivity index (χ1n) is 8.05. The molecule has 0 saturated heterocycles. The van der Waals surface area contributed by atoms with Gasteiger partial charge in [-0.3, -0.25) is 9.69 Å². The lowest BCUT2D eigenvalue weighted by Gasteiger charge is -2.30. The first-order valence-corrected chi connectivity index (χ1v) is 8.05. The van der Waals surface area contributed by atoms with E-state index in [0.29, 0.717) is 29.9 Å². The zero-order valence-electron chi connectivity index (χ0n) is 14.7. The summed E-state index contributed by atoms with van der Waals surface area (Å²) in [5.41, 5.74) is 0.567. The number of benzene rings is 1. The zero-order chi connectivity index (χ0) is 17.4. The zero-order valence-corrected chi connectivity index (χ0v) is 14.7. The molecule has 5 nitrogen and oxygen atoms in total. The average molecular weight is 317 g/mol. The summed E-state index contributed by atoms with van der Waals surface area (Å²) in [5, 5.41) is 11.7. The second-order valence-electron chi connectivity index (χ2n) is 6.11. The van der Waals surface area contributed by atoms with Crippen LogP contribution in [0.2, 0.25) is 0 Å². The lowest BCUT2D eigenvalue weighted by molar-refractivity contribution is -0.127. The van der Waals surface area contributed by atoms with E-state index in [4.69, 9.17) is 10.00 Å². The van der Waals surface area contributed by atoms with E-state index in [9.17, 15) is 4.79 Å². The van der Waals surface area contributed by atoms with Gasteiger partial charge in [0.25, 0.3) is 5.91 Å². The predicted molar refractivity (Wildman–Crippen MR) is 91.2 cm³/mol. The highest BCUT2D eigenvalue weighted by atomic mass is 16.5. The van der Waals surface area contributed by atoms with Gasteiger partial charge in [0.05, 0.1) is 11.6 Å². The van der Waals surface area contributed by atoms with Crippen molar-refractivity contribution in [1.29, 1.82) is 5.26 Å². The Labute approximate surface area is 139 Å². The standard InChI is InChI=1S/C18H27N3O2/c1-13(2)21(14(3)4)11-10-20-18(22)15(5)23-17-8-6-16(12-19)7-9-17/h6-9,13-15H,10-11H2,1-5H3,(H,20,22)/t15-/m0/s1. The molecule has 23 heavy (non-hydrogen) atoms. The van der Waals surface area contributed by atoms with Gasteiger partial charge in [0.2, 0.25) is 0 Å². The molecule has 0 saturated carbocycles. The van der Waals surface area contributed by atoms with Gasteiger partial charge in [-0.1, -0.05) is 0 Å². The summed E-state index contributed by atoms with van der Waals surface area (Å²) in [6.45, 7) is 11.7. The largest absolute Gasteiger partial charge is 0.481 e. The summed E-state index contributed by atoms with van der Waals surface area (Å²) < 4.78 is 5.59. The van der Waals surface area contributed by atoms with Crippen molar-refractivity contribution in [1.82, 2.24) is 10.2 Å². The fraction of sp³-hybridized carbons (Fsp3) is 0.556. The van der Waals surface area contributed by atoms with Gasteiger partial charge in [0, 0.05) is 25.2 Å². The van der Waals surface area contributed by atoms with Gasteiger partial charge >= 0.3 is 0 Å². The lowest BCUT2D eigenvalue weighted by Crippen LogP contribution is -2.44. The van der Waals surface area contributed by atoms with E-state index in [1.54, 1.807) is 31.2 Å². The van der Waals surface area contributed by atoms with E-state index in [2.05, 4.69) is 37.9 Å². The van der Waals surface area contributed by atoms with Crippen molar-refractivity contribution in [2.75, 3.05) is 13.1 Å². The molecule has 126 valence electrons. The number of nitrogens with zero attached hydrogens (tertiary/aromatic N) is 2. The van der Waals surface area contributed by atoms with Crippen LogP contribution in [0.15, 0.2) is 24.3 Å². The van der Waals surface area contributed by atoms with Crippen LogP contribution in [-0.4, -0.2) is 42.1 Å². The van der Waals surface area contributed by atoms with Crippen LogP contribution in [0.1, 0.15) is 40.2 Å². The molecule has 0 spiro atoms. The lowest BCUT2D eigenvalue weighted by atomic mass is 10.2. The highest BCUT2D eigenvalue weighted by Crippen LogP contribution is 2.13. The van der Waals surface area contributed by atoms with Crippen molar-refractivity contribution in [3.05, 3.63) is 29.8 Å². The molecule has 0 aliphatic heterocycles. The quantitative estimate of drug-likeness (QED) is 0.800. The van der Waals surface area contributed by atoms with Gasteiger partial charge < -0.3 is 10.1 Å². The van der Waals surface area contributed by atoms with Crippen molar-refractivity contribution in [2.24, 2.45) is 0 Å². The van der Waals surface area contributed by atoms with Crippen LogP contribution in [-0.2, 0) is 4.79 Å². The van der Waals surface area contributed by atoms with Crippen LogP contribution < -0.4 is 10.1 Å². The molecular formula is C18H27N3O2. The Kier molecular flexibility index (Phi) is 7.56. The number of rotatable bonds is 8. The van der Waals surface area contributed by atoms with Crippen molar-refractivity contribution < 1.29 is 9.53 Å². The van der Waals surface area contributed by atoms with Crippen molar-refractivity contribution >= 4 is 5.91 Å². The van der Waals surface area contributed by atoms with E-state index in [1.807, 2.05) is 6.07 Å². The Morgan fingerprint density at radius 2 is 1.74 bits per heavy atom. The molecule has 0 bridgehead atoms. The molecular weight excluding hydrogens is 290 g/mol. The van der Waals surface area contributed by atoms with Crippen molar-refractivity contribution in [2.45, 2.75) is 52.8 Å². The molecule has 0 aromatic heterocycles. The number of hydrogen-bond donors (Lipinski definition) is 1. The summed E-state index contributed by atoms with van der Waals surface area (Å²) in [6.07, 6.45) is -0.575. The van der Waals surface area contributed by atoms with Crippen LogP contribution in [0, 0.1) is 11.3 Å². The Morgan fingerprint density at radius 3 is 2.22 bits per heavy atom. The molecule has 1 atom stereocenters. The highest BCUT2D eigenvalue weighted by molar-refractivity contribution is 5.80. The average Bonchev–Trinajstić information content (AvgIpc) is 2.51. The second-order valence-corrected chi connectivity index (χ2v) is 6.11. The maximum Gasteiger partial charge on any atom is 0.260 e. The van der Waals surface area contributed by atoms with E-state index >= 15 is 0 Å². The van der Waals surface area contributed by atoms with Gasteiger partial charge in [0.1, 0.15) is 5.75 Å². The SMILES string of the molecule is CC(C)N(CCNC(=O)[C@H](C)Oc1ccc(C#N)cc1)C(C)C. The van der Waals surface area contributed by atoms with E-state index < -0.39 is 6.10 Å². The van der Waals surface area contributed by atoms with Gasteiger partial charge in [-0.05, 0) is 58.9 Å². The number of nitrogens with one attached hydrogen (secondary N) is 1. The fourth-order valence-electron chi connectivity index (χ4n) is 2.43. The summed E-state index contributed by atoms with van der Waals surface area (Å²) in [4.78, 5) is 14.4. The molecule has 0 unspecified atom stereocenters. The molecule has 1 amide bonds. The highest BCUT2D eigenvalue weighted by Gasteiger charge is 2.16. The Bertz CT molecular complexity index is 524. The number of carbonyl (C=O) groups is 1. The van der Waals surface area contributed by atoms with Crippen LogP contribution in [0.4, 0.5) is 0 Å². The summed E-state index contributed by atoms with van der Waals surface area (Å²) >= 11 is 0. The third kappa shape index (κ3) is 6.29. The number of ether oxygens (including phenoxy) is 1.